The lowest BCUT2D eigenvalue weighted by Crippen LogP contribution is -2.40. The minimum absolute atomic E-state index is 0.000662. The summed E-state index contributed by atoms with van der Waals surface area (Å²) in [5, 5.41) is 14.2. The highest BCUT2D eigenvalue weighted by Gasteiger charge is 2.15. The first-order valence-corrected chi connectivity index (χ1v) is 6.65. The number of aliphatic hydroxyl groups excluding tert-OH is 1. The van der Waals surface area contributed by atoms with Crippen molar-refractivity contribution in [3.05, 3.63) is 29.8 Å². The molecule has 5 heteroatoms. The molecule has 0 aliphatic carbocycles. The van der Waals surface area contributed by atoms with Crippen LogP contribution in [0.3, 0.4) is 0 Å². The number of benzene rings is 1. The molecule has 0 atom stereocenters. The van der Waals surface area contributed by atoms with Gasteiger partial charge in [0.2, 0.25) is 5.91 Å². The van der Waals surface area contributed by atoms with Gasteiger partial charge in [-0.05, 0) is 51.5 Å². The van der Waals surface area contributed by atoms with E-state index in [-0.39, 0.29) is 30.4 Å². The van der Waals surface area contributed by atoms with Gasteiger partial charge in [0.15, 0.2) is 0 Å². The lowest BCUT2D eigenvalue weighted by atomic mass is 10.1. The summed E-state index contributed by atoms with van der Waals surface area (Å²) in [6.45, 7) is 5.75. The monoisotopic (exact) mass is 278 g/mol. The summed E-state index contributed by atoms with van der Waals surface area (Å²) < 4.78 is 0. The van der Waals surface area contributed by atoms with E-state index in [4.69, 9.17) is 5.11 Å². The Balaban J connectivity index is 2.60. The van der Waals surface area contributed by atoms with Crippen LogP contribution in [0.5, 0.6) is 0 Å². The second kappa shape index (κ2) is 7.05. The molecule has 1 aromatic rings. The van der Waals surface area contributed by atoms with Gasteiger partial charge in [0.05, 0.1) is 0 Å². The molecule has 20 heavy (non-hydrogen) atoms. The third kappa shape index (κ3) is 5.84. The Labute approximate surface area is 119 Å². The SMILES string of the molecule is CC(C)(C)NC(=O)c1ccc(NC(=O)CCCO)cc1. The number of carbonyl (C=O) groups is 2. The predicted molar refractivity (Wildman–Crippen MR) is 78.6 cm³/mol. The van der Waals surface area contributed by atoms with Gasteiger partial charge in [-0.15, -0.1) is 0 Å². The maximum atomic E-state index is 11.9. The van der Waals surface area contributed by atoms with Crippen LogP contribution in [0.15, 0.2) is 24.3 Å². The fourth-order valence-corrected chi connectivity index (χ4v) is 1.58. The summed E-state index contributed by atoms with van der Waals surface area (Å²) in [6, 6.07) is 6.72. The molecule has 0 spiro atoms. The van der Waals surface area contributed by atoms with Crippen LogP contribution in [0.4, 0.5) is 5.69 Å². The van der Waals surface area contributed by atoms with Crippen LogP contribution >= 0.6 is 0 Å². The van der Waals surface area contributed by atoms with E-state index >= 15 is 0 Å². The Morgan fingerprint density at radius 3 is 2.25 bits per heavy atom. The average Bonchev–Trinajstić information content (AvgIpc) is 2.35. The van der Waals surface area contributed by atoms with E-state index in [1.807, 2.05) is 20.8 Å². The summed E-state index contributed by atoms with van der Waals surface area (Å²) in [7, 11) is 0. The molecular weight excluding hydrogens is 256 g/mol. The van der Waals surface area contributed by atoms with Crippen molar-refractivity contribution < 1.29 is 14.7 Å². The molecule has 0 aliphatic rings. The maximum Gasteiger partial charge on any atom is 0.251 e. The first-order chi connectivity index (χ1) is 9.31. The van der Waals surface area contributed by atoms with Crippen molar-refractivity contribution >= 4 is 17.5 Å². The first kappa shape index (κ1) is 16.2. The summed E-state index contributed by atoms with van der Waals surface area (Å²) in [5.41, 5.74) is 0.905. The van der Waals surface area contributed by atoms with E-state index < -0.39 is 0 Å². The maximum absolute atomic E-state index is 11.9. The van der Waals surface area contributed by atoms with Crippen LogP contribution in [0.25, 0.3) is 0 Å². The van der Waals surface area contributed by atoms with E-state index in [1.54, 1.807) is 24.3 Å². The van der Waals surface area contributed by atoms with Crippen LogP contribution in [0.1, 0.15) is 44.0 Å². The number of aliphatic hydroxyl groups is 1. The number of nitrogens with one attached hydrogen (secondary N) is 2. The number of amides is 2. The van der Waals surface area contributed by atoms with Crippen molar-refractivity contribution in [3.63, 3.8) is 0 Å². The van der Waals surface area contributed by atoms with Gasteiger partial charge in [-0.2, -0.15) is 0 Å². The molecule has 0 saturated heterocycles. The van der Waals surface area contributed by atoms with Gasteiger partial charge >= 0.3 is 0 Å². The van der Waals surface area contributed by atoms with Gasteiger partial charge in [-0.3, -0.25) is 9.59 Å². The zero-order chi connectivity index (χ0) is 15.2. The molecule has 0 aromatic heterocycles. The summed E-state index contributed by atoms with van der Waals surface area (Å²) in [4.78, 5) is 23.4. The topological polar surface area (TPSA) is 78.4 Å². The van der Waals surface area contributed by atoms with Crippen LogP contribution in [0.2, 0.25) is 0 Å². The molecular formula is C15H22N2O3. The minimum Gasteiger partial charge on any atom is -0.396 e. The number of anilines is 1. The van der Waals surface area contributed by atoms with Gasteiger partial charge in [-0.1, -0.05) is 0 Å². The smallest absolute Gasteiger partial charge is 0.251 e. The molecule has 0 saturated carbocycles. The van der Waals surface area contributed by atoms with E-state index in [2.05, 4.69) is 10.6 Å². The lowest BCUT2D eigenvalue weighted by Gasteiger charge is -2.20. The second-order valence-corrected chi connectivity index (χ2v) is 5.66. The minimum atomic E-state index is -0.283. The predicted octanol–water partition coefficient (Wildman–Crippen LogP) is 1.93. The summed E-state index contributed by atoms with van der Waals surface area (Å²) in [5.74, 6) is -0.290. The third-order valence-electron chi connectivity index (χ3n) is 2.48. The van der Waals surface area contributed by atoms with Gasteiger partial charge in [0, 0.05) is 29.8 Å². The normalized spacial score (nSPS) is 11.0. The highest BCUT2D eigenvalue weighted by Crippen LogP contribution is 2.11. The van der Waals surface area contributed by atoms with Gasteiger partial charge < -0.3 is 15.7 Å². The quantitative estimate of drug-likeness (QED) is 0.770. The number of hydrogen-bond donors (Lipinski definition) is 3. The average molecular weight is 278 g/mol. The van der Waals surface area contributed by atoms with Crippen LogP contribution in [-0.4, -0.2) is 29.1 Å². The van der Waals surface area contributed by atoms with Crippen LogP contribution < -0.4 is 10.6 Å². The fraction of sp³-hybridized carbons (Fsp3) is 0.467. The summed E-state index contributed by atoms with van der Waals surface area (Å²) >= 11 is 0. The van der Waals surface area contributed by atoms with E-state index in [1.165, 1.54) is 0 Å². The Hall–Kier alpha value is -1.88. The van der Waals surface area contributed by atoms with Crippen molar-refractivity contribution in [2.45, 2.75) is 39.2 Å². The van der Waals surface area contributed by atoms with E-state index in [9.17, 15) is 9.59 Å². The zero-order valence-corrected chi connectivity index (χ0v) is 12.2. The molecule has 2 amide bonds. The molecule has 5 nitrogen and oxygen atoms in total. The highest BCUT2D eigenvalue weighted by atomic mass is 16.3. The Kier molecular flexibility index (Phi) is 5.70. The van der Waals surface area contributed by atoms with Crippen molar-refractivity contribution in [1.29, 1.82) is 0 Å². The van der Waals surface area contributed by atoms with E-state index in [0.29, 0.717) is 17.7 Å². The standard InChI is InChI=1S/C15H22N2O3/c1-15(2,3)17-14(20)11-6-8-12(9-7-11)16-13(19)5-4-10-18/h6-9,18H,4-5,10H2,1-3H3,(H,16,19)(H,17,20). The van der Waals surface area contributed by atoms with Gasteiger partial charge in [-0.25, -0.2) is 0 Å². The number of carbonyl (C=O) groups excluding carboxylic acids is 2. The first-order valence-electron chi connectivity index (χ1n) is 6.65. The van der Waals surface area contributed by atoms with E-state index in [0.717, 1.165) is 0 Å². The second-order valence-electron chi connectivity index (χ2n) is 5.66. The Morgan fingerprint density at radius 1 is 1.15 bits per heavy atom. The summed E-state index contributed by atoms with van der Waals surface area (Å²) in [6.07, 6.45) is 0.723. The van der Waals surface area contributed by atoms with Crippen molar-refractivity contribution in [1.82, 2.24) is 5.32 Å². The molecule has 0 unspecified atom stereocenters. The fourth-order valence-electron chi connectivity index (χ4n) is 1.58. The van der Waals surface area contributed by atoms with Crippen LogP contribution in [0, 0.1) is 0 Å². The van der Waals surface area contributed by atoms with Crippen molar-refractivity contribution in [2.75, 3.05) is 11.9 Å². The Bertz CT molecular complexity index is 461. The van der Waals surface area contributed by atoms with Crippen molar-refractivity contribution in [2.24, 2.45) is 0 Å². The van der Waals surface area contributed by atoms with Gasteiger partial charge in [0.25, 0.3) is 5.91 Å². The molecule has 1 rings (SSSR count). The third-order valence-corrected chi connectivity index (χ3v) is 2.48. The molecule has 3 N–H and O–H groups in total. The highest BCUT2D eigenvalue weighted by molar-refractivity contribution is 5.96. The molecule has 110 valence electrons. The number of rotatable bonds is 5. The number of hydrogen-bond acceptors (Lipinski definition) is 3. The van der Waals surface area contributed by atoms with Gasteiger partial charge in [0.1, 0.15) is 0 Å². The Morgan fingerprint density at radius 2 is 1.75 bits per heavy atom. The molecule has 0 heterocycles. The molecule has 0 bridgehead atoms. The molecule has 0 radical (unpaired) electrons. The largest absolute Gasteiger partial charge is 0.396 e. The molecule has 1 aromatic carbocycles. The molecule has 0 aliphatic heterocycles. The molecule has 0 fully saturated rings. The van der Waals surface area contributed by atoms with Crippen LogP contribution in [-0.2, 0) is 4.79 Å². The zero-order valence-electron chi connectivity index (χ0n) is 12.2. The van der Waals surface area contributed by atoms with Crippen molar-refractivity contribution in [3.8, 4) is 0 Å². The lowest BCUT2D eigenvalue weighted by molar-refractivity contribution is -0.116.